The average Bonchev–Trinajstić information content (AvgIpc) is 2.55. The van der Waals surface area contributed by atoms with Gasteiger partial charge in [0, 0.05) is 0 Å². The molecule has 1 heterocycles. The molecule has 1 rings (SSSR count). The normalized spacial score (nSPS) is 14.5. The van der Waals surface area contributed by atoms with Gasteiger partial charge in [-0.3, -0.25) is 0 Å². The zero-order chi connectivity index (χ0) is 13.0. The fourth-order valence-electron chi connectivity index (χ4n) is 1.48. The number of ether oxygens (including phenoxy) is 2. The Bertz CT molecular complexity index is 322. The highest BCUT2D eigenvalue weighted by Gasteiger charge is 2.21. The standard InChI is InChI=1S/C14H24O3/c1-7-9(3)15-13-11(5)17-12(6)14(13)16-10(4)8-2/h9-10H,7-8H2,1-6H3/t9-,10+. The monoisotopic (exact) mass is 240 g/mol. The lowest BCUT2D eigenvalue weighted by Gasteiger charge is -2.16. The van der Waals surface area contributed by atoms with Crippen LogP contribution < -0.4 is 9.47 Å². The summed E-state index contributed by atoms with van der Waals surface area (Å²) in [6, 6.07) is 0. The van der Waals surface area contributed by atoms with Crippen molar-refractivity contribution < 1.29 is 13.9 Å². The Morgan fingerprint density at radius 1 is 0.882 bits per heavy atom. The predicted molar refractivity (Wildman–Crippen MR) is 68.9 cm³/mol. The van der Waals surface area contributed by atoms with Crippen molar-refractivity contribution in [2.45, 2.75) is 66.6 Å². The van der Waals surface area contributed by atoms with E-state index in [2.05, 4.69) is 27.7 Å². The fraction of sp³-hybridized carbons (Fsp3) is 0.714. The topological polar surface area (TPSA) is 31.6 Å². The van der Waals surface area contributed by atoms with Crippen LogP contribution in [0.25, 0.3) is 0 Å². The first-order valence-corrected chi connectivity index (χ1v) is 6.42. The third-order valence-corrected chi connectivity index (χ3v) is 2.94. The van der Waals surface area contributed by atoms with E-state index in [1.807, 2.05) is 13.8 Å². The van der Waals surface area contributed by atoms with Gasteiger partial charge in [-0.15, -0.1) is 0 Å². The molecule has 0 bridgehead atoms. The van der Waals surface area contributed by atoms with Gasteiger partial charge >= 0.3 is 0 Å². The molecule has 0 radical (unpaired) electrons. The second kappa shape index (κ2) is 5.99. The Hall–Kier alpha value is -1.12. The Morgan fingerprint density at radius 3 is 1.53 bits per heavy atom. The van der Waals surface area contributed by atoms with Gasteiger partial charge in [-0.05, 0) is 40.5 Å². The average molecular weight is 240 g/mol. The van der Waals surface area contributed by atoms with Gasteiger partial charge in [0.05, 0.1) is 12.2 Å². The van der Waals surface area contributed by atoms with E-state index in [1.54, 1.807) is 0 Å². The molecule has 2 atom stereocenters. The van der Waals surface area contributed by atoms with Gasteiger partial charge in [-0.2, -0.15) is 0 Å². The Morgan fingerprint density at radius 2 is 1.24 bits per heavy atom. The molecular weight excluding hydrogens is 216 g/mol. The molecule has 98 valence electrons. The molecule has 0 saturated carbocycles. The summed E-state index contributed by atoms with van der Waals surface area (Å²) in [5, 5.41) is 0. The van der Waals surface area contributed by atoms with Crippen LogP contribution >= 0.6 is 0 Å². The molecular formula is C14H24O3. The van der Waals surface area contributed by atoms with E-state index in [0.29, 0.717) is 0 Å². The second-order valence-corrected chi connectivity index (χ2v) is 4.55. The molecule has 3 nitrogen and oxygen atoms in total. The SMILES string of the molecule is CC[C@@H](C)Oc1c(C)oc(C)c1O[C@@H](C)CC. The van der Waals surface area contributed by atoms with Crippen molar-refractivity contribution in [1.29, 1.82) is 0 Å². The lowest BCUT2D eigenvalue weighted by Crippen LogP contribution is -2.14. The Kier molecular flexibility index (Phi) is 4.91. The number of aryl methyl sites for hydroxylation is 2. The van der Waals surface area contributed by atoms with Crippen LogP contribution in [0, 0.1) is 13.8 Å². The largest absolute Gasteiger partial charge is 0.484 e. The van der Waals surface area contributed by atoms with Crippen molar-refractivity contribution in [3.05, 3.63) is 11.5 Å². The van der Waals surface area contributed by atoms with E-state index in [1.165, 1.54) is 0 Å². The first kappa shape index (κ1) is 13.9. The van der Waals surface area contributed by atoms with Crippen molar-refractivity contribution in [1.82, 2.24) is 0 Å². The van der Waals surface area contributed by atoms with Crippen molar-refractivity contribution in [2.75, 3.05) is 0 Å². The van der Waals surface area contributed by atoms with Crippen molar-refractivity contribution >= 4 is 0 Å². The third kappa shape index (κ3) is 3.42. The first-order chi connectivity index (χ1) is 7.99. The molecule has 0 aromatic carbocycles. The Balaban J connectivity index is 2.93. The van der Waals surface area contributed by atoms with Crippen LogP contribution in [0.5, 0.6) is 11.5 Å². The van der Waals surface area contributed by atoms with Crippen LogP contribution in [0.1, 0.15) is 52.1 Å². The summed E-state index contributed by atoms with van der Waals surface area (Å²) in [7, 11) is 0. The predicted octanol–water partition coefficient (Wildman–Crippen LogP) is 4.25. The molecule has 0 spiro atoms. The summed E-state index contributed by atoms with van der Waals surface area (Å²) in [4.78, 5) is 0. The number of hydrogen-bond donors (Lipinski definition) is 0. The molecule has 17 heavy (non-hydrogen) atoms. The van der Waals surface area contributed by atoms with Crippen LogP contribution in [0.3, 0.4) is 0 Å². The van der Waals surface area contributed by atoms with Gasteiger partial charge in [0.2, 0.25) is 11.5 Å². The summed E-state index contributed by atoms with van der Waals surface area (Å²) in [6.07, 6.45) is 2.27. The lowest BCUT2D eigenvalue weighted by atomic mass is 10.3. The molecule has 0 unspecified atom stereocenters. The highest BCUT2D eigenvalue weighted by atomic mass is 16.5. The molecule has 0 aliphatic heterocycles. The van der Waals surface area contributed by atoms with Gasteiger partial charge in [0.25, 0.3) is 0 Å². The minimum absolute atomic E-state index is 0.171. The van der Waals surface area contributed by atoms with Gasteiger partial charge in [0.1, 0.15) is 11.5 Å². The molecule has 1 aromatic heterocycles. The van der Waals surface area contributed by atoms with Crippen LogP contribution in [-0.4, -0.2) is 12.2 Å². The zero-order valence-electron chi connectivity index (χ0n) is 11.8. The van der Waals surface area contributed by atoms with E-state index in [0.717, 1.165) is 35.9 Å². The quantitative estimate of drug-likeness (QED) is 0.745. The summed E-state index contributed by atoms with van der Waals surface area (Å²) in [5.41, 5.74) is 0. The minimum Gasteiger partial charge on any atom is -0.484 e. The maximum atomic E-state index is 5.87. The van der Waals surface area contributed by atoms with E-state index in [4.69, 9.17) is 13.9 Å². The summed E-state index contributed by atoms with van der Waals surface area (Å²) in [5.74, 6) is 3.11. The summed E-state index contributed by atoms with van der Waals surface area (Å²) < 4.78 is 17.3. The summed E-state index contributed by atoms with van der Waals surface area (Å²) in [6.45, 7) is 12.1. The van der Waals surface area contributed by atoms with Gasteiger partial charge in [0.15, 0.2) is 0 Å². The smallest absolute Gasteiger partial charge is 0.203 e. The van der Waals surface area contributed by atoms with Crippen LogP contribution in [-0.2, 0) is 0 Å². The highest BCUT2D eigenvalue weighted by Crippen LogP contribution is 2.38. The number of furan rings is 1. The lowest BCUT2D eigenvalue weighted by molar-refractivity contribution is 0.177. The maximum Gasteiger partial charge on any atom is 0.203 e. The molecule has 3 heteroatoms. The Labute approximate surface area is 104 Å². The second-order valence-electron chi connectivity index (χ2n) is 4.55. The highest BCUT2D eigenvalue weighted by molar-refractivity contribution is 5.45. The van der Waals surface area contributed by atoms with Gasteiger partial charge in [-0.25, -0.2) is 0 Å². The van der Waals surface area contributed by atoms with Crippen molar-refractivity contribution in [2.24, 2.45) is 0 Å². The van der Waals surface area contributed by atoms with Crippen molar-refractivity contribution in [3.63, 3.8) is 0 Å². The minimum atomic E-state index is 0.171. The van der Waals surface area contributed by atoms with E-state index >= 15 is 0 Å². The van der Waals surface area contributed by atoms with Gasteiger partial charge in [-0.1, -0.05) is 13.8 Å². The maximum absolute atomic E-state index is 5.87. The van der Waals surface area contributed by atoms with Crippen LogP contribution in [0.4, 0.5) is 0 Å². The van der Waals surface area contributed by atoms with Crippen molar-refractivity contribution in [3.8, 4) is 11.5 Å². The molecule has 0 fully saturated rings. The van der Waals surface area contributed by atoms with E-state index in [9.17, 15) is 0 Å². The fourth-order valence-corrected chi connectivity index (χ4v) is 1.48. The first-order valence-electron chi connectivity index (χ1n) is 6.42. The number of hydrogen-bond acceptors (Lipinski definition) is 3. The molecule has 0 amide bonds. The molecule has 1 aromatic rings. The zero-order valence-corrected chi connectivity index (χ0v) is 11.8. The van der Waals surface area contributed by atoms with Gasteiger partial charge < -0.3 is 13.9 Å². The van der Waals surface area contributed by atoms with Crippen LogP contribution in [0.15, 0.2) is 4.42 Å². The molecule has 0 saturated heterocycles. The number of rotatable bonds is 6. The molecule has 0 aliphatic rings. The van der Waals surface area contributed by atoms with Crippen LogP contribution in [0.2, 0.25) is 0 Å². The van der Waals surface area contributed by atoms with E-state index in [-0.39, 0.29) is 12.2 Å². The molecule has 0 N–H and O–H groups in total. The molecule has 0 aliphatic carbocycles. The summed E-state index contributed by atoms with van der Waals surface area (Å²) >= 11 is 0. The third-order valence-electron chi connectivity index (χ3n) is 2.94. The van der Waals surface area contributed by atoms with E-state index < -0.39 is 0 Å².